The first-order chi connectivity index (χ1) is 17.4. The number of ether oxygens (including phenoxy) is 4. The number of rotatable bonds is 11. The van der Waals surface area contributed by atoms with Gasteiger partial charge in [-0.25, -0.2) is 4.79 Å². The molecule has 3 aromatic rings. The van der Waals surface area contributed by atoms with E-state index in [1.165, 1.54) is 37.3 Å². The summed E-state index contributed by atoms with van der Waals surface area (Å²) in [5, 5.41) is 2.71. The van der Waals surface area contributed by atoms with Crippen LogP contribution in [0.5, 0.6) is 17.2 Å². The van der Waals surface area contributed by atoms with E-state index in [2.05, 4.69) is 5.32 Å². The SMILES string of the molecule is COc1ccccc1NC(=O)COc1ccc(C(=O)OCC(=O)N(C)Cc2ccccc2)cc1OC. The van der Waals surface area contributed by atoms with E-state index in [1.54, 1.807) is 31.3 Å². The van der Waals surface area contributed by atoms with Crippen molar-refractivity contribution >= 4 is 23.5 Å². The van der Waals surface area contributed by atoms with Crippen LogP contribution in [-0.2, 0) is 20.9 Å². The summed E-state index contributed by atoms with van der Waals surface area (Å²) in [7, 11) is 4.56. The number of nitrogens with one attached hydrogen (secondary N) is 1. The highest BCUT2D eigenvalue weighted by Crippen LogP contribution is 2.29. The molecule has 1 N–H and O–H groups in total. The minimum Gasteiger partial charge on any atom is -0.495 e. The Hall–Kier alpha value is -4.53. The number of hydrogen-bond donors (Lipinski definition) is 1. The van der Waals surface area contributed by atoms with Crippen LogP contribution in [0.15, 0.2) is 72.8 Å². The van der Waals surface area contributed by atoms with E-state index in [9.17, 15) is 14.4 Å². The molecule has 0 aliphatic heterocycles. The normalized spacial score (nSPS) is 10.2. The van der Waals surface area contributed by atoms with Crippen LogP contribution in [0, 0.1) is 0 Å². The molecule has 0 aliphatic carbocycles. The molecule has 2 amide bonds. The quantitative estimate of drug-likeness (QED) is 0.409. The van der Waals surface area contributed by atoms with Crippen molar-refractivity contribution in [2.45, 2.75) is 6.54 Å². The molecule has 188 valence electrons. The fraction of sp³-hybridized carbons (Fsp3) is 0.222. The summed E-state index contributed by atoms with van der Waals surface area (Å²) in [5.74, 6) is -0.389. The van der Waals surface area contributed by atoms with E-state index in [4.69, 9.17) is 18.9 Å². The second-order valence-corrected chi connectivity index (χ2v) is 7.71. The summed E-state index contributed by atoms with van der Waals surface area (Å²) in [5.41, 5.74) is 1.66. The van der Waals surface area contributed by atoms with E-state index in [0.717, 1.165) is 5.56 Å². The van der Waals surface area contributed by atoms with Gasteiger partial charge in [-0.2, -0.15) is 0 Å². The predicted octanol–water partition coefficient (Wildman–Crippen LogP) is 3.54. The van der Waals surface area contributed by atoms with Crippen molar-refractivity contribution in [2.75, 3.05) is 39.8 Å². The molecule has 0 radical (unpaired) electrons. The molecule has 0 atom stereocenters. The molecular formula is C27H28N2O7. The number of anilines is 1. The Morgan fingerprint density at radius 1 is 0.806 bits per heavy atom. The Morgan fingerprint density at radius 3 is 2.22 bits per heavy atom. The second kappa shape index (κ2) is 12.8. The van der Waals surface area contributed by atoms with Gasteiger partial charge in [0.1, 0.15) is 5.75 Å². The van der Waals surface area contributed by atoms with Crippen molar-refractivity contribution in [1.29, 1.82) is 0 Å². The molecule has 3 aromatic carbocycles. The van der Waals surface area contributed by atoms with Gasteiger partial charge >= 0.3 is 5.97 Å². The molecule has 9 nitrogen and oxygen atoms in total. The number of carbonyl (C=O) groups is 3. The topological polar surface area (TPSA) is 103 Å². The molecule has 0 aliphatic rings. The predicted molar refractivity (Wildman–Crippen MR) is 133 cm³/mol. The lowest BCUT2D eigenvalue weighted by atomic mass is 10.2. The number of amides is 2. The molecule has 0 fully saturated rings. The zero-order valence-corrected chi connectivity index (χ0v) is 20.4. The Labute approximate surface area is 209 Å². The van der Waals surface area contributed by atoms with E-state index in [1.807, 2.05) is 30.3 Å². The summed E-state index contributed by atoms with van der Waals surface area (Å²) in [6.07, 6.45) is 0. The summed E-state index contributed by atoms with van der Waals surface area (Å²) in [6, 6.07) is 20.9. The van der Waals surface area contributed by atoms with Crippen LogP contribution in [-0.4, -0.2) is 57.2 Å². The molecule has 0 spiro atoms. The number of hydrogen-bond acceptors (Lipinski definition) is 7. The van der Waals surface area contributed by atoms with Crippen molar-refractivity contribution in [3.05, 3.63) is 83.9 Å². The van der Waals surface area contributed by atoms with Gasteiger partial charge in [0.05, 0.1) is 25.5 Å². The Kier molecular flexibility index (Phi) is 9.27. The highest BCUT2D eigenvalue weighted by Gasteiger charge is 2.17. The van der Waals surface area contributed by atoms with E-state index < -0.39 is 18.5 Å². The van der Waals surface area contributed by atoms with Gasteiger partial charge in [-0.1, -0.05) is 42.5 Å². The number of para-hydroxylation sites is 2. The summed E-state index contributed by atoms with van der Waals surface area (Å²) in [4.78, 5) is 38.6. The zero-order chi connectivity index (χ0) is 25.9. The molecule has 9 heteroatoms. The Balaban J connectivity index is 1.53. The minimum absolute atomic E-state index is 0.177. The average Bonchev–Trinajstić information content (AvgIpc) is 2.91. The Bertz CT molecular complexity index is 1200. The average molecular weight is 493 g/mol. The molecule has 0 heterocycles. The van der Waals surface area contributed by atoms with E-state index in [-0.39, 0.29) is 29.6 Å². The third-order valence-electron chi connectivity index (χ3n) is 5.15. The molecule has 0 saturated carbocycles. The zero-order valence-electron chi connectivity index (χ0n) is 20.4. The number of likely N-dealkylation sites (N-methyl/N-ethyl adjacent to an activating group) is 1. The van der Waals surface area contributed by atoms with Crippen molar-refractivity contribution in [3.8, 4) is 17.2 Å². The molecule has 0 aromatic heterocycles. The molecule has 0 unspecified atom stereocenters. The second-order valence-electron chi connectivity index (χ2n) is 7.71. The van der Waals surface area contributed by atoms with Gasteiger partial charge < -0.3 is 29.2 Å². The molecule has 36 heavy (non-hydrogen) atoms. The number of esters is 1. The number of methoxy groups -OCH3 is 2. The lowest BCUT2D eigenvalue weighted by Gasteiger charge is -2.17. The number of benzene rings is 3. The summed E-state index contributed by atoms with van der Waals surface area (Å²) < 4.78 is 21.2. The first-order valence-corrected chi connectivity index (χ1v) is 11.1. The summed E-state index contributed by atoms with van der Waals surface area (Å²) in [6.45, 7) is -0.284. The maximum Gasteiger partial charge on any atom is 0.338 e. The van der Waals surface area contributed by atoms with Gasteiger partial charge in [0.15, 0.2) is 24.7 Å². The summed E-state index contributed by atoms with van der Waals surface area (Å²) >= 11 is 0. The number of nitrogens with zero attached hydrogens (tertiary/aromatic N) is 1. The minimum atomic E-state index is -0.685. The fourth-order valence-corrected chi connectivity index (χ4v) is 3.26. The molecule has 3 rings (SSSR count). The highest BCUT2D eigenvalue weighted by molar-refractivity contribution is 5.94. The van der Waals surface area contributed by atoms with E-state index >= 15 is 0 Å². The fourth-order valence-electron chi connectivity index (χ4n) is 3.26. The van der Waals surface area contributed by atoms with Crippen LogP contribution in [0.2, 0.25) is 0 Å². The monoisotopic (exact) mass is 492 g/mol. The Morgan fingerprint density at radius 2 is 1.50 bits per heavy atom. The third-order valence-corrected chi connectivity index (χ3v) is 5.15. The first kappa shape index (κ1) is 26.1. The standard InChI is InChI=1S/C27H28N2O7/c1-29(16-19-9-5-4-6-10-19)26(31)18-36-27(32)20-13-14-23(24(15-20)34-3)35-17-25(30)28-21-11-7-8-12-22(21)33-2/h4-15H,16-18H2,1-3H3,(H,28,30). The van der Waals surface area contributed by atoms with Crippen LogP contribution in [0.4, 0.5) is 5.69 Å². The van der Waals surface area contributed by atoms with Crippen LogP contribution in [0.3, 0.4) is 0 Å². The van der Waals surface area contributed by atoms with E-state index in [0.29, 0.717) is 18.0 Å². The number of carbonyl (C=O) groups excluding carboxylic acids is 3. The van der Waals surface area contributed by atoms with Gasteiger partial charge in [-0.3, -0.25) is 9.59 Å². The van der Waals surface area contributed by atoms with Gasteiger partial charge in [0.2, 0.25) is 0 Å². The highest BCUT2D eigenvalue weighted by atomic mass is 16.5. The van der Waals surface area contributed by atoms with Gasteiger partial charge in [0.25, 0.3) is 11.8 Å². The van der Waals surface area contributed by atoms with Gasteiger partial charge in [0, 0.05) is 13.6 Å². The maximum absolute atomic E-state index is 12.5. The largest absolute Gasteiger partial charge is 0.495 e. The molecular weight excluding hydrogens is 464 g/mol. The van der Waals surface area contributed by atoms with Crippen LogP contribution in [0.25, 0.3) is 0 Å². The third kappa shape index (κ3) is 7.23. The maximum atomic E-state index is 12.5. The lowest BCUT2D eigenvalue weighted by Crippen LogP contribution is -2.30. The first-order valence-electron chi connectivity index (χ1n) is 11.1. The van der Waals surface area contributed by atoms with Crippen molar-refractivity contribution in [1.82, 2.24) is 4.90 Å². The van der Waals surface area contributed by atoms with Gasteiger partial charge in [-0.05, 0) is 35.9 Å². The smallest absolute Gasteiger partial charge is 0.338 e. The molecule has 0 saturated heterocycles. The lowest BCUT2D eigenvalue weighted by molar-refractivity contribution is -0.133. The van der Waals surface area contributed by atoms with Crippen molar-refractivity contribution < 1.29 is 33.3 Å². The molecule has 0 bridgehead atoms. The van der Waals surface area contributed by atoms with Gasteiger partial charge in [-0.15, -0.1) is 0 Å². The van der Waals surface area contributed by atoms with Crippen LogP contribution >= 0.6 is 0 Å². The van der Waals surface area contributed by atoms with Crippen LogP contribution < -0.4 is 19.5 Å². The van der Waals surface area contributed by atoms with Crippen LogP contribution in [0.1, 0.15) is 15.9 Å². The van der Waals surface area contributed by atoms with Crippen molar-refractivity contribution in [2.24, 2.45) is 0 Å². The van der Waals surface area contributed by atoms with Crippen molar-refractivity contribution in [3.63, 3.8) is 0 Å².